The summed E-state index contributed by atoms with van der Waals surface area (Å²) in [5.41, 5.74) is 2.84. The zero-order valence-corrected chi connectivity index (χ0v) is 12.9. The highest BCUT2D eigenvalue weighted by Crippen LogP contribution is 2.24. The number of allylic oxidation sites excluding steroid dienone is 4. The van der Waals surface area contributed by atoms with Crippen LogP contribution in [0, 0.1) is 0 Å². The van der Waals surface area contributed by atoms with Crippen molar-refractivity contribution >= 4 is 38.6 Å². The van der Waals surface area contributed by atoms with E-state index in [9.17, 15) is 4.79 Å². The molecule has 0 unspecified atom stereocenters. The molecule has 1 aromatic heterocycles. The Morgan fingerprint density at radius 2 is 1.84 bits per heavy atom. The van der Waals surface area contributed by atoms with Crippen LogP contribution in [0.1, 0.15) is 22.8 Å². The van der Waals surface area contributed by atoms with Gasteiger partial charge in [0, 0.05) is 10.9 Å². The van der Waals surface area contributed by atoms with E-state index in [1.54, 1.807) is 6.08 Å². The van der Waals surface area contributed by atoms with E-state index in [1.807, 2.05) is 60.2 Å². The number of hydrogen-bond donors (Lipinski definition) is 0. The maximum absolute atomic E-state index is 11.9. The molecule has 0 saturated carbocycles. The molecule has 2 aromatic rings. The predicted molar refractivity (Wildman–Crippen MR) is 85.8 cm³/mol. The summed E-state index contributed by atoms with van der Waals surface area (Å²) >= 11 is 5.02. The van der Waals surface area contributed by atoms with Crippen molar-refractivity contribution < 1.29 is 4.79 Å². The summed E-state index contributed by atoms with van der Waals surface area (Å²) in [6.45, 7) is 1.97. The molecule has 96 valence electrons. The molecule has 0 aliphatic rings. The molecule has 1 aromatic carbocycles. The maximum Gasteiger partial charge on any atom is 0.186 e. The van der Waals surface area contributed by atoms with E-state index >= 15 is 0 Å². The highest BCUT2D eigenvalue weighted by Gasteiger charge is 2.04. The monoisotopic (exact) mass is 332 g/mol. The van der Waals surface area contributed by atoms with Crippen LogP contribution in [0.4, 0.5) is 0 Å². The van der Waals surface area contributed by atoms with Crippen molar-refractivity contribution in [2.75, 3.05) is 0 Å². The molecule has 0 spiro atoms. The van der Waals surface area contributed by atoms with Crippen LogP contribution in [-0.2, 0) is 0 Å². The summed E-state index contributed by atoms with van der Waals surface area (Å²) in [5, 5.41) is 3.77. The SMILES string of the molecule is CC(Br)=C(C=CC(=O)c1ccsc1)c1ccccc1. The van der Waals surface area contributed by atoms with Gasteiger partial charge in [0.2, 0.25) is 0 Å². The first-order chi connectivity index (χ1) is 9.18. The minimum absolute atomic E-state index is 0.0310. The topological polar surface area (TPSA) is 17.1 Å². The summed E-state index contributed by atoms with van der Waals surface area (Å²) in [6, 6.07) is 11.8. The molecular formula is C16H13BrOS. The fourth-order valence-electron chi connectivity index (χ4n) is 1.69. The van der Waals surface area contributed by atoms with Crippen molar-refractivity contribution in [2.45, 2.75) is 6.92 Å². The van der Waals surface area contributed by atoms with Gasteiger partial charge in [0.15, 0.2) is 5.78 Å². The molecule has 2 rings (SSSR count). The fourth-order valence-corrected chi connectivity index (χ4v) is 2.69. The molecule has 1 nitrogen and oxygen atoms in total. The van der Waals surface area contributed by atoms with E-state index in [-0.39, 0.29) is 5.78 Å². The average Bonchev–Trinajstić information content (AvgIpc) is 2.93. The van der Waals surface area contributed by atoms with Gasteiger partial charge in [0.25, 0.3) is 0 Å². The Hall–Kier alpha value is -1.45. The van der Waals surface area contributed by atoms with Crippen LogP contribution >= 0.6 is 27.3 Å². The van der Waals surface area contributed by atoms with Gasteiger partial charge >= 0.3 is 0 Å². The molecule has 1 heterocycles. The predicted octanol–water partition coefficient (Wildman–Crippen LogP) is 5.31. The van der Waals surface area contributed by atoms with Crippen LogP contribution < -0.4 is 0 Å². The lowest BCUT2D eigenvalue weighted by atomic mass is 10.0. The number of carbonyl (C=O) groups excluding carboxylic acids is 1. The minimum atomic E-state index is 0.0310. The van der Waals surface area contributed by atoms with Gasteiger partial charge in [-0.2, -0.15) is 11.3 Å². The molecule has 0 radical (unpaired) electrons. The van der Waals surface area contributed by atoms with Crippen LogP contribution in [0.25, 0.3) is 5.57 Å². The molecule has 19 heavy (non-hydrogen) atoms. The number of carbonyl (C=O) groups is 1. The summed E-state index contributed by atoms with van der Waals surface area (Å²) in [5.74, 6) is 0.0310. The third kappa shape index (κ3) is 3.75. The van der Waals surface area contributed by atoms with Gasteiger partial charge in [-0.1, -0.05) is 46.3 Å². The number of benzene rings is 1. The molecule has 3 heteroatoms. The van der Waals surface area contributed by atoms with Crippen molar-refractivity contribution in [1.82, 2.24) is 0 Å². The van der Waals surface area contributed by atoms with Gasteiger partial charge in [0.1, 0.15) is 0 Å². The summed E-state index contributed by atoms with van der Waals surface area (Å²) < 4.78 is 1.01. The molecule has 0 amide bonds. The standard InChI is InChI=1S/C16H13BrOS/c1-12(17)15(13-5-3-2-4-6-13)7-8-16(18)14-9-10-19-11-14/h2-11H,1H3. The van der Waals surface area contributed by atoms with Gasteiger partial charge in [-0.3, -0.25) is 4.79 Å². The Bertz CT molecular complexity index is 605. The Balaban J connectivity index is 2.24. The van der Waals surface area contributed by atoms with Gasteiger partial charge in [-0.25, -0.2) is 0 Å². The van der Waals surface area contributed by atoms with Crippen LogP contribution in [0.15, 0.2) is 63.8 Å². The molecule has 0 fully saturated rings. The maximum atomic E-state index is 11.9. The van der Waals surface area contributed by atoms with Crippen LogP contribution in [0.3, 0.4) is 0 Å². The number of hydrogen-bond acceptors (Lipinski definition) is 2. The Morgan fingerprint density at radius 1 is 1.11 bits per heavy atom. The highest BCUT2D eigenvalue weighted by molar-refractivity contribution is 9.11. The van der Waals surface area contributed by atoms with E-state index in [4.69, 9.17) is 0 Å². The number of rotatable bonds is 4. The quantitative estimate of drug-likeness (QED) is 0.421. The lowest BCUT2D eigenvalue weighted by Crippen LogP contribution is -1.91. The van der Waals surface area contributed by atoms with E-state index in [0.29, 0.717) is 0 Å². The third-order valence-corrected chi connectivity index (χ3v) is 3.77. The van der Waals surface area contributed by atoms with Crippen molar-refractivity contribution in [3.8, 4) is 0 Å². The number of halogens is 1. The first-order valence-electron chi connectivity index (χ1n) is 5.85. The first-order valence-corrected chi connectivity index (χ1v) is 7.58. The second-order valence-corrected chi connectivity index (χ2v) is 5.99. The zero-order chi connectivity index (χ0) is 13.7. The van der Waals surface area contributed by atoms with E-state index in [2.05, 4.69) is 15.9 Å². The Labute approximate surface area is 125 Å². The smallest absolute Gasteiger partial charge is 0.186 e. The summed E-state index contributed by atoms with van der Waals surface area (Å²) in [4.78, 5) is 11.9. The molecule has 0 N–H and O–H groups in total. The fraction of sp³-hybridized carbons (Fsp3) is 0.0625. The molecule has 0 aliphatic heterocycles. The molecule has 0 bridgehead atoms. The number of thiophene rings is 1. The highest BCUT2D eigenvalue weighted by atomic mass is 79.9. The minimum Gasteiger partial charge on any atom is -0.289 e. The van der Waals surface area contributed by atoms with Crippen LogP contribution in [0.2, 0.25) is 0 Å². The van der Waals surface area contributed by atoms with E-state index in [0.717, 1.165) is 21.2 Å². The van der Waals surface area contributed by atoms with Gasteiger partial charge in [-0.05, 0) is 46.1 Å². The van der Waals surface area contributed by atoms with Gasteiger partial charge in [0.05, 0.1) is 0 Å². The summed E-state index contributed by atoms with van der Waals surface area (Å²) in [7, 11) is 0. The van der Waals surface area contributed by atoms with Crippen LogP contribution in [0.5, 0.6) is 0 Å². The molecule has 0 saturated heterocycles. The average molecular weight is 333 g/mol. The van der Waals surface area contributed by atoms with Crippen molar-refractivity contribution in [2.24, 2.45) is 0 Å². The lowest BCUT2D eigenvalue weighted by molar-refractivity contribution is 0.104. The van der Waals surface area contributed by atoms with E-state index in [1.165, 1.54) is 11.3 Å². The zero-order valence-electron chi connectivity index (χ0n) is 10.5. The first kappa shape index (κ1) is 14.0. The van der Waals surface area contributed by atoms with Crippen LogP contribution in [-0.4, -0.2) is 5.78 Å². The van der Waals surface area contributed by atoms with Crippen molar-refractivity contribution in [1.29, 1.82) is 0 Å². The Kier molecular flexibility index (Phi) is 4.88. The second-order valence-electron chi connectivity index (χ2n) is 4.02. The normalized spacial score (nSPS) is 12.5. The molecule has 0 atom stereocenters. The van der Waals surface area contributed by atoms with Crippen molar-refractivity contribution in [3.63, 3.8) is 0 Å². The summed E-state index contributed by atoms with van der Waals surface area (Å²) in [6.07, 6.45) is 3.48. The van der Waals surface area contributed by atoms with Crippen molar-refractivity contribution in [3.05, 3.63) is 74.9 Å². The number of ketones is 1. The van der Waals surface area contributed by atoms with E-state index < -0.39 is 0 Å². The Morgan fingerprint density at radius 3 is 2.42 bits per heavy atom. The molecule has 0 aliphatic carbocycles. The lowest BCUT2D eigenvalue weighted by Gasteiger charge is -2.03. The van der Waals surface area contributed by atoms with Gasteiger partial charge < -0.3 is 0 Å². The van der Waals surface area contributed by atoms with Gasteiger partial charge in [-0.15, -0.1) is 0 Å². The molecular weight excluding hydrogens is 320 g/mol. The third-order valence-electron chi connectivity index (χ3n) is 2.66. The second kappa shape index (κ2) is 6.64. The largest absolute Gasteiger partial charge is 0.289 e.